The summed E-state index contributed by atoms with van der Waals surface area (Å²) in [6, 6.07) is 9.70. The van der Waals surface area contributed by atoms with Gasteiger partial charge in [0.25, 0.3) is 5.91 Å². The summed E-state index contributed by atoms with van der Waals surface area (Å²) in [7, 11) is -3.66. The number of aromatic nitrogens is 3. The van der Waals surface area contributed by atoms with E-state index in [-0.39, 0.29) is 23.5 Å². The van der Waals surface area contributed by atoms with Crippen LogP contribution in [0.25, 0.3) is 11.0 Å². The molecular formula is C22H27N5O6S. The smallest absolute Gasteiger partial charge is 0.261 e. The average molecular weight is 490 g/mol. The second kappa shape index (κ2) is 9.85. The van der Waals surface area contributed by atoms with Crippen molar-refractivity contribution in [1.29, 1.82) is 0 Å². The van der Waals surface area contributed by atoms with E-state index in [9.17, 15) is 13.2 Å². The standard InChI is InChI=1S/C22H27N5O6S/c1-4-26(5-2)34(29,30)17-7-8-18-19(13-17)27(25-24-18)33-14-22(28)23-15(3)16-6-9-20-21(12-16)32-11-10-31-20/h6-9,12-13,15H,4-5,10-11,14H2,1-3H3,(H,23,28). The number of rotatable bonds is 9. The van der Waals surface area contributed by atoms with Gasteiger partial charge in [-0.05, 0) is 48.0 Å². The minimum absolute atomic E-state index is 0.104. The van der Waals surface area contributed by atoms with Gasteiger partial charge in [0, 0.05) is 13.1 Å². The molecule has 0 saturated carbocycles. The van der Waals surface area contributed by atoms with E-state index in [1.54, 1.807) is 19.9 Å². The topological polar surface area (TPSA) is 125 Å². The molecule has 0 bridgehead atoms. The molecule has 2 heterocycles. The van der Waals surface area contributed by atoms with Gasteiger partial charge in [-0.15, -0.1) is 5.10 Å². The van der Waals surface area contributed by atoms with E-state index in [2.05, 4.69) is 15.6 Å². The first-order valence-electron chi connectivity index (χ1n) is 11.0. The van der Waals surface area contributed by atoms with Crippen molar-refractivity contribution in [1.82, 2.24) is 24.8 Å². The highest BCUT2D eigenvalue weighted by molar-refractivity contribution is 7.89. The van der Waals surface area contributed by atoms with Gasteiger partial charge >= 0.3 is 0 Å². The Kier molecular flexibility index (Phi) is 6.89. The van der Waals surface area contributed by atoms with Crippen molar-refractivity contribution < 1.29 is 27.5 Å². The van der Waals surface area contributed by atoms with E-state index in [4.69, 9.17) is 14.3 Å². The fraction of sp³-hybridized carbons (Fsp3) is 0.409. The van der Waals surface area contributed by atoms with Crippen LogP contribution in [-0.4, -0.2) is 66.7 Å². The van der Waals surface area contributed by atoms with Crippen molar-refractivity contribution in [3.05, 3.63) is 42.0 Å². The molecule has 0 spiro atoms. The number of benzene rings is 2. The highest BCUT2D eigenvalue weighted by Crippen LogP contribution is 2.32. The number of carbonyl (C=O) groups excluding carboxylic acids is 1. The van der Waals surface area contributed by atoms with Crippen LogP contribution < -0.4 is 19.6 Å². The minimum Gasteiger partial charge on any atom is -0.486 e. The number of nitrogens with one attached hydrogen (secondary N) is 1. The van der Waals surface area contributed by atoms with Crippen LogP contribution in [0.5, 0.6) is 11.5 Å². The Morgan fingerprint density at radius 2 is 1.88 bits per heavy atom. The van der Waals surface area contributed by atoms with Crippen molar-refractivity contribution >= 4 is 27.0 Å². The summed E-state index contributed by atoms with van der Waals surface area (Å²) in [6.07, 6.45) is 0. The number of hydrogen-bond donors (Lipinski definition) is 1. The molecule has 1 atom stereocenters. The zero-order valence-electron chi connectivity index (χ0n) is 19.2. The summed E-state index contributed by atoms with van der Waals surface area (Å²) in [5, 5.41) is 10.7. The van der Waals surface area contributed by atoms with Crippen LogP contribution in [0.4, 0.5) is 0 Å². The third kappa shape index (κ3) is 4.77. The third-order valence-corrected chi connectivity index (χ3v) is 7.54. The maximum Gasteiger partial charge on any atom is 0.261 e. The van der Waals surface area contributed by atoms with Gasteiger partial charge in [-0.25, -0.2) is 8.42 Å². The molecule has 0 aliphatic carbocycles. The van der Waals surface area contributed by atoms with E-state index in [1.807, 2.05) is 25.1 Å². The quantitative estimate of drug-likeness (QED) is 0.480. The van der Waals surface area contributed by atoms with Crippen molar-refractivity contribution in [2.75, 3.05) is 32.9 Å². The molecular weight excluding hydrogens is 462 g/mol. The summed E-state index contributed by atoms with van der Waals surface area (Å²) >= 11 is 0. The lowest BCUT2D eigenvalue weighted by molar-refractivity contribution is -0.127. The van der Waals surface area contributed by atoms with E-state index >= 15 is 0 Å². The summed E-state index contributed by atoms with van der Waals surface area (Å²) in [5.74, 6) is 0.945. The molecule has 11 nitrogen and oxygen atoms in total. The average Bonchev–Trinajstić information content (AvgIpc) is 3.25. The molecule has 12 heteroatoms. The summed E-state index contributed by atoms with van der Waals surface area (Å²) in [5.41, 5.74) is 1.65. The SMILES string of the molecule is CCN(CC)S(=O)(=O)c1ccc2nnn(OCC(=O)NC(C)c3ccc4c(c3)OCCO4)c2c1. The summed E-state index contributed by atoms with van der Waals surface area (Å²) < 4.78 is 38.1. The largest absolute Gasteiger partial charge is 0.486 e. The third-order valence-electron chi connectivity index (χ3n) is 5.49. The maximum atomic E-state index is 12.8. The Hall–Kier alpha value is -3.38. The highest BCUT2D eigenvalue weighted by atomic mass is 32.2. The minimum atomic E-state index is -3.66. The van der Waals surface area contributed by atoms with Crippen molar-refractivity contribution in [2.24, 2.45) is 0 Å². The monoisotopic (exact) mass is 489 g/mol. The molecule has 0 radical (unpaired) electrons. The predicted octanol–water partition coefficient (Wildman–Crippen LogP) is 1.54. The molecule has 182 valence electrons. The first-order valence-corrected chi connectivity index (χ1v) is 12.4. The second-order valence-electron chi connectivity index (χ2n) is 7.67. The van der Waals surface area contributed by atoms with Crippen LogP contribution in [0.3, 0.4) is 0 Å². The number of carbonyl (C=O) groups is 1. The Morgan fingerprint density at radius 3 is 2.62 bits per heavy atom. The van der Waals surface area contributed by atoms with E-state index in [0.717, 1.165) is 10.4 Å². The normalized spacial score (nSPS) is 14.2. The molecule has 3 aromatic rings. The van der Waals surface area contributed by atoms with Crippen LogP contribution in [0.15, 0.2) is 41.3 Å². The molecule has 2 aromatic carbocycles. The fourth-order valence-corrected chi connectivity index (χ4v) is 5.14. The molecule has 34 heavy (non-hydrogen) atoms. The fourth-order valence-electron chi connectivity index (χ4n) is 3.66. The lowest BCUT2D eigenvalue weighted by Crippen LogP contribution is -2.34. The maximum absolute atomic E-state index is 12.8. The predicted molar refractivity (Wildman–Crippen MR) is 123 cm³/mol. The first kappa shape index (κ1) is 23.8. The van der Waals surface area contributed by atoms with Crippen LogP contribution in [0.1, 0.15) is 32.4 Å². The number of nitrogens with zero attached hydrogens (tertiary/aromatic N) is 4. The van der Waals surface area contributed by atoms with Gasteiger partial charge in [-0.1, -0.05) is 24.8 Å². The molecule has 1 aromatic heterocycles. The van der Waals surface area contributed by atoms with Gasteiger partial charge < -0.3 is 19.6 Å². The number of fused-ring (bicyclic) bond motifs is 2. The van der Waals surface area contributed by atoms with Gasteiger partial charge in [-0.3, -0.25) is 4.79 Å². The molecule has 0 saturated heterocycles. The first-order chi connectivity index (χ1) is 16.3. The van der Waals surface area contributed by atoms with Crippen LogP contribution in [0.2, 0.25) is 0 Å². The Morgan fingerprint density at radius 1 is 1.15 bits per heavy atom. The van der Waals surface area contributed by atoms with Crippen molar-refractivity contribution in [2.45, 2.75) is 31.7 Å². The van der Waals surface area contributed by atoms with Crippen molar-refractivity contribution in [3.8, 4) is 11.5 Å². The molecule has 4 rings (SSSR count). The molecule has 1 N–H and O–H groups in total. The number of hydrogen-bond acceptors (Lipinski definition) is 8. The lowest BCUT2D eigenvalue weighted by Gasteiger charge is -2.21. The van der Waals surface area contributed by atoms with Gasteiger partial charge in [0.1, 0.15) is 24.2 Å². The van der Waals surface area contributed by atoms with Crippen LogP contribution >= 0.6 is 0 Å². The molecule has 0 fully saturated rings. The van der Waals surface area contributed by atoms with Crippen molar-refractivity contribution in [3.63, 3.8) is 0 Å². The Labute approximate surface area is 197 Å². The van der Waals surface area contributed by atoms with Gasteiger partial charge in [0.15, 0.2) is 18.1 Å². The molecule has 1 amide bonds. The zero-order chi connectivity index (χ0) is 24.3. The molecule has 1 unspecified atom stereocenters. The Bertz CT molecular complexity index is 1290. The highest BCUT2D eigenvalue weighted by Gasteiger charge is 2.23. The number of sulfonamides is 1. The Balaban J connectivity index is 1.43. The summed E-state index contributed by atoms with van der Waals surface area (Å²) in [6.45, 7) is 6.76. The van der Waals surface area contributed by atoms with Gasteiger partial charge in [-0.2, -0.15) is 4.31 Å². The second-order valence-corrected chi connectivity index (χ2v) is 9.61. The van der Waals surface area contributed by atoms with Gasteiger partial charge in [0.2, 0.25) is 10.0 Å². The summed E-state index contributed by atoms with van der Waals surface area (Å²) in [4.78, 5) is 19.2. The van der Waals surface area contributed by atoms with Gasteiger partial charge in [0.05, 0.1) is 10.9 Å². The molecule has 1 aliphatic heterocycles. The molecule has 1 aliphatic rings. The zero-order valence-corrected chi connectivity index (χ0v) is 20.0. The van der Waals surface area contributed by atoms with Crippen LogP contribution in [-0.2, 0) is 14.8 Å². The van der Waals surface area contributed by atoms with E-state index < -0.39 is 10.0 Å². The number of ether oxygens (including phenoxy) is 2. The van der Waals surface area contributed by atoms with Crippen LogP contribution in [0, 0.1) is 0 Å². The van der Waals surface area contributed by atoms with E-state index in [1.165, 1.54) is 16.4 Å². The lowest BCUT2D eigenvalue weighted by atomic mass is 10.1. The number of amides is 1. The van der Waals surface area contributed by atoms with E-state index in [0.29, 0.717) is 48.8 Å².